The maximum Gasteiger partial charge on any atom is 0.417 e. The van der Waals surface area contributed by atoms with Crippen molar-refractivity contribution < 1.29 is 18.0 Å². The van der Waals surface area contributed by atoms with Crippen LogP contribution >= 0.6 is 11.6 Å². The standard InChI is InChI=1S/C22H20ClF3N4O3/c1-21(2,11-29-20(33)12-3-5-14(23)6-4-12)10-28-16-17(19(32)18(16)31)30-15-7-13(8-27-9-15)22(24,25)26/h3-9,28,30H,10-11H2,1-2H3,(H,29,33). The highest BCUT2D eigenvalue weighted by Crippen LogP contribution is 2.31. The second kappa shape index (κ2) is 9.22. The minimum atomic E-state index is -4.60. The molecule has 0 saturated heterocycles. The molecule has 7 nitrogen and oxygen atoms in total. The Morgan fingerprint density at radius 3 is 2.27 bits per heavy atom. The number of aromatic nitrogens is 1. The van der Waals surface area contributed by atoms with Crippen LogP contribution in [0.25, 0.3) is 0 Å². The average Bonchev–Trinajstić information content (AvgIpc) is 2.76. The molecule has 0 bridgehead atoms. The fraction of sp³-hybridized carbons (Fsp3) is 0.273. The summed E-state index contributed by atoms with van der Waals surface area (Å²) in [6.07, 6.45) is -2.82. The van der Waals surface area contributed by atoms with E-state index in [1.54, 1.807) is 24.3 Å². The molecular formula is C22H20ClF3N4O3. The molecule has 0 spiro atoms. The summed E-state index contributed by atoms with van der Waals surface area (Å²) < 4.78 is 38.6. The Kier molecular flexibility index (Phi) is 6.78. The maximum absolute atomic E-state index is 12.9. The van der Waals surface area contributed by atoms with Crippen molar-refractivity contribution in [3.63, 3.8) is 0 Å². The van der Waals surface area contributed by atoms with Crippen LogP contribution in [0.5, 0.6) is 0 Å². The molecular weight excluding hydrogens is 461 g/mol. The lowest BCUT2D eigenvalue weighted by atomic mass is 9.93. The lowest BCUT2D eigenvalue weighted by Gasteiger charge is -2.27. The van der Waals surface area contributed by atoms with Crippen LogP contribution in [0.1, 0.15) is 29.8 Å². The lowest BCUT2D eigenvalue weighted by molar-refractivity contribution is -0.137. The summed E-state index contributed by atoms with van der Waals surface area (Å²) in [7, 11) is 0. The average molecular weight is 481 g/mol. The number of hydrogen-bond donors (Lipinski definition) is 3. The number of hydrogen-bond acceptors (Lipinski definition) is 6. The van der Waals surface area contributed by atoms with Crippen molar-refractivity contribution in [3.05, 3.63) is 79.3 Å². The molecule has 3 aromatic rings. The van der Waals surface area contributed by atoms with E-state index in [1.165, 1.54) is 0 Å². The van der Waals surface area contributed by atoms with E-state index in [9.17, 15) is 27.6 Å². The second-order valence-corrected chi connectivity index (χ2v) is 8.64. The van der Waals surface area contributed by atoms with Gasteiger partial charge in [0.05, 0.1) is 17.4 Å². The molecule has 11 heteroatoms. The molecule has 0 unspecified atom stereocenters. The van der Waals surface area contributed by atoms with Gasteiger partial charge in [0.15, 0.2) is 0 Å². The molecule has 0 aliphatic carbocycles. The van der Waals surface area contributed by atoms with Gasteiger partial charge in [-0.25, -0.2) is 0 Å². The molecule has 174 valence electrons. The van der Waals surface area contributed by atoms with Crippen molar-refractivity contribution in [2.45, 2.75) is 20.0 Å². The third-order valence-corrected chi connectivity index (χ3v) is 5.07. The first kappa shape index (κ1) is 24.2. The van der Waals surface area contributed by atoms with Crippen molar-refractivity contribution in [2.75, 3.05) is 23.7 Å². The van der Waals surface area contributed by atoms with Gasteiger partial charge in [-0.15, -0.1) is 0 Å². The summed E-state index contributed by atoms with van der Waals surface area (Å²) in [5.74, 6) is -0.298. The molecule has 33 heavy (non-hydrogen) atoms. The molecule has 0 fully saturated rings. The summed E-state index contributed by atoms with van der Waals surface area (Å²) in [4.78, 5) is 39.8. The number of pyridine rings is 1. The second-order valence-electron chi connectivity index (χ2n) is 8.20. The molecule has 1 heterocycles. The third-order valence-electron chi connectivity index (χ3n) is 4.82. The quantitative estimate of drug-likeness (QED) is 0.422. The van der Waals surface area contributed by atoms with E-state index in [0.717, 1.165) is 12.3 Å². The van der Waals surface area contributed by atoms with Crippen LogP contribution in [-0.4, -0.2) is 24.0 Å². The monoisotopic (exact) mass is 480 g/mol. The van der Waals surface area contributed by atoms with Gasteiger partial charge in [-0.05, 0) is 35.7 Å². The number of nitrogens with zero attached hydrogens (tertiary/aromatic N) is 1. The first-order chi connectivity index (χ1) is 15.4. The zero-order valence-electron chi connectivity index (χ0n) is 17.6. The molecule has 0 saturated carbocycles. The minimum Gasteiger partial charge on any atom is -0.379 e. The summed E-state index contributed by atoms with van der Waals surface area (Å²) in [5, 5.41) is 8.70. The molecule has 0 atom stereocenters. The smallest absolute Gasteiger partial charge is 0.379 e. The fourth-order valence-electron chi connectivity index (χ4n) is 2.90. The van der Waals surface area contributed by atoms with Gasteiger partial charge < -0.3 is 16.0 Å². The van der Waals surface area contributed by atoms with Crippen molar-refractivity contribution >= 4 is 34.6 Å². The van der Waals surface area contributed by atoms with Crippen molar-refractivity contribution in [3.8, 4) is 0 Å². The van der Waals surface area contributed by atoms with Crippen LogP contribution in [0.4, 0.5) is 30.2 Å². The number of carbonyl (C=O) groups is 1. The number of amides is 1. The molecule has 0 aliphatic heterocycles. The van der Waals surface area contributed by atoms with Gasteiger partial charge in [-0.1, -0.05) is 25.4 Å². The molecule has 3 rings (SSSR count). The lowest BCUT2D eigenvalue weighted by Crippen LogP contribution is -2.42. The van der Waals surface area contributed by atoms with Crippen LogP contribution in [0, 0.1) is 5.41 Å². The number of anilines is 3. The minimum absolute atomic E-state index is 0.0329. The van der Waals surface area contributed by atoms with Crippen molar-refractivity contribution in [1.82, 2.24) is 10.3 Å². The van der Waals surface area contributed by atoms with Gasteiger partial charge >= 0.3 is 6.18 Å². The first-order valence-corrected chi connectivity index (χ1v) is 10.2. The van der Waals surface area contributed by atoms with E-state index in [-0.39, 0.29) is 36.1 Å². The predicted molar refractivity (Wildman–Crippen MR) is 120 cm³/mol. The van der Waals surface area contributed by atoms with Crippen LogP contribution < -0.4 is 26.8 Å². The topological polar surface area (TPSA) is 100 Å². The zero-order valence-corrected chi connectivity index (χ0v) is 18.4. The van der Waals surface area contributed by atoms with E-state index in [0.29, 0.717) is 16.8 Å². The number of carbonyl (C=O) groups excluding carboxylic acids is 1. The Hall–Kier alpha value is -3.40. The highest BCUT2D eigenvalue weighted by Gasteiger charge is 2.31. The number of nitrogens with one attached hydrogen (secondary N) is 3. The van der Waals surface area contributed by atoms with Gasteiger partial charge in [0.25, 0.3) is 16.8 Å². The van der Waals surface area contributed by atoms with E-state index in [1.807, 2.05) is 13.8 Å². The molecule has 2 aromatic carbocycles. The largest absolute Gasteiger partial charge is 0.417 e. The van der Waals surface area contributed by atoms with Gasteiger partial charge in [0.1, 0.15) is 11.4 Å². The summed E-state index contributed by atoms with van der Waals surface area (Å²) in [6.45, 7) is 4.11. The van der Waals surface area contributed by atoms with E-state index < -0.39 is 28.0 Å². The Balaban J connectivity index is 1.63. The van der Waals surface area contributed by atoms with E-state index in [2.05, 4.69) is 20.9 Å². The molecule has 0 aliphatic rings. The first-order valence-electron chi connectivity index (χ1n) is 9.77. The number of rotatable bonds is 8. The Labute approximate surface area is 191 Å². The number of alkyl halides is 3. The van der Waals surface area contributed by atoms with E-state index in [4.69, 9.17) is 11.6 Å². The molecule has 0 radical (unpaired) electrons. The molecule has 1 aromatic heterocycles. The summed E-state index contributed by atoms with van der Waals surface area (Å²) >= 11 is 5.81. The molecule has 3 N–H and O–H groups in total. The van der Waals surface area contributed by atoms with Crippen LogP contribution in [0.3, 0.4) is 0 Å². The summed E-state index contributed by atoms with van der Waals surface area (Å²) in [5.41, 5.74) is -2.95. The Morgan fingerprint density at radius 2 is 1.64 bits per heavy atom. The van der Waals surface area contributed by atoms with Crippen molar-refractivity contribution in [2.24, 2.45) is 5.41 Å². The normalized spacial score (nSPS) is 11.9. The number of halogens is 4. The van der Waals surface area contributed by atoms with Crippen LogP contribution in [0.15, 0.2) is 52.3 Å². The van der Waals surface area contributed by atoms with Gasteiger partial charge in [0.2, 0.25) is 0 Å². The SMILES string of the molecule is CC(C)(CNC(=O)c1ccc(Cl)cc1)CNc1c(Nc2cncc(C(F)(F)F)c2)c(=O)c1=O. The maximum atomic E-state index is 12.9. The zero-order chi connectivity index (χ0) is 24.4. The summed E-state index contributed by atoms with van der Waals surface area (Å²) in [6, 6.07) is 7.18. The van der Waals surface area contributed by atoms with E-state index >= 15 is 0 Å². The Bertz CT molecular complexity index is 1230. The highest BCUT2D eigenvalue weighted by atomic mass is 35.5. The Morgan fingerprint density at radius 1 is 1.00 bits per heavy atom. The van der Waals surface area contributed by atoms with Gasteiger partial charge in [-0.3, -0.25) is 19.4 Å². The van der Waals surface area contributed by atoms with Crippen LogP contribution in [0.2, 0.25) is 5.02 Å². The van der Waals surface area contributed by atoms with Crippen LogP contribution in [-0.2, 0) is 6.18 Å². The molecule has 1 amide bonds. The van der Waals surface area contributed by atoms with Gasteiger partial charge in [0, 0.05) is 29.9 Å². The van der Waals surface area contributed by atoms with Gasteiger partial charge in [-0.2, -0.15) is 13.2 Å². The fourth-order valence-corrected chi connectivity index (χ4v) is 3.03. The number of benzene rings is 1. The van der Waals surface area contributed by atoms with Crippen molar-refractivity contribution in [1.29, 1.82) is 0 Å². The third kappa shape index (κ3) is 5.89. The highest BCUT2D eigenvalue weighted by molar-refractivity contribution is 6.30. The predicted octanol–water partition coefficient (Wildman–Crippen LogP) is 3.96.